The largest absolute Gasteiger partial charge is 0.398 e. The van der Waals surface area contributed by atoms with Crippen LogP contribution < -0.4 is 11.5 Å². The molecular weight excluding hydrogens is 164 g/mol. The molecule has 0 radical (unpaired) electrons. The molecule has 0 unspecified atom stereocenters. The molecule has 0 fully saturated rings. The van der Waals surface area contributed by atoms with Gasteiger partial charge in [-0.15, -0.1) is 0 Å². The molecule has 2 atom stereocenters. The average molecular weight is 180 g/mol. The second-order valence-corrected chi connectivity index (χ2v) is 3.15. The lowest BCUT2D eigenvalue weighted by Gasteiger charge is -2.18. The minimum atomic E-state index is -0.661. The first-order chi connectivity index (χ1) is 6.16. The van der Waals surface area contributed by atoms with Crippen LogP contribution in [0.25, 0.3) is 0 Å². The standard InChI is InChI=1S/C10H16N2O/c1-2-8(11)10(13)7-5-3-4-6-9(7)12/h3-6,8,10,13H,2,11-12H2,1H3/t8-,10+/m1/s1. The molecule has 0 saturated carbocycles. The lowest BCUT2D eigenvalue weighted by Crippen LogP contribution is -2.27. The molecule has 0 aromatic heterocycles. The summed E-state index contributed by atoms with van der Waals surface area (Å²) in [6.45, 7) is 1.94. The molecule has 0 bridgehead atoms. The van der Waals surface area contributed by atoms with Gasteiger partial charge in [-0.25, -0.2) is 0 Å². The van der Waals surface area contributed by atoms with Gasteiger partial charge in [-0.05, 0) is 12.5 Å². The van der Waals surface area contributed by atoms with Crippen LogP contribution in [0.1, 0.15) is 25.0 Å². The van der Waals surface area contributed by atoms with E-state index in [4.69, 9.17) is 11.5 Å². The monoisotopic (exact) mass is 180 g/mol. The van der Waals surface area contributed by atoms with E-state index in [1.807, 2.05) is 19.1 Å². The van der Waals surface area contributed by atoms with Crippen LogP contribution in [0.3, 0.4) is 0 Å². The van der Waals surface area contributed by atoms with E-state index in [9.17, 15) is 5.11 Å². The van der Waals surface area contributed by atoms with E-state index < -0.39 is 6.10 Å². The maximum atomic E-state index is 9.76. The van der Waals surface area contributed by atoms with Crippen molar-refractivity contribution >= 4 is 5.69 Å². The van der Waals surface area contributed by atoms with Gasteiger partial charge in [-0.3, -0.25) is 0 Å². The van der Waals surface area contributed by atoms with Crippen molar-refractivity contribution in [3.63, 3.8) is 0 Å². The molecule has 0 heterocycles. The number of aliphatic hydroxyl groups excluding tert-OH is 1. The van der Waals surface area contributed by atoms with Crippen LogP contribution in [0.15, 0.2) is 24.3 Å². The first-order valence-electron chi connectivity index (χ1n) is 4.44. The summed E-state index contributed by atoms with van der Waals surface area (Å²) in [6.07, 6.45) is 0.0707. The van der Waals surface area contributed by atoms with Gasteiger partial charge in [0.15, 0.2) is 0 Å². The maximum Gasteiger partial charge on any atom is 0.0960 e. The van der Waals surface area contributed by atoms with Crippen molar-refractivity contribution < 1.29 is 5.11 Å². The van der Waals surface area contributed by atoms with Gasteiger partial charge in [0.05, 0.1) is 6.10 Å². The van der Waals surface area contributed by atoms with Gasteiger partial charge in [0.2, 0.25) is 0 Å². The fourth-order valence-corrected chi connectivity index (χ4v) is 1.23. The van der Waals surface area contributed by atoms with Crippen molar-refractivity contribution in [1.82, 2.24) is 0 Å². The molecule has 0 spiro atoms. The summed E-state index contributed by atoms with van der Waals surface area (Å²) in [5, 5.41) is 9.76. The van der Waals surface area contributed by atoms with Crippen LogP contribution in [0.5, 0.6) is 0 Å². The number of hydrogen-bond acceptors (Lipinski definition) is 3. The van der Waals surface area contributed by atoms with Crippen LogP contribution >= 0.6 is 0 Å². The molecule has 1 aromatic rings. The zero-order chi connectivity index (χ0) is 9.84. The van der Waals surface area contributed by atoms with Gasteiger partial charge in [0, 0.05) is 17.3 Å². The minimum Gasteiger partial charge on any atom is -0.398 e. The fourth-order valence-electron chi connectivity index (χ4n) is 1.23. The van der Waals surface area contributed by atoms with E-state index >= 15 is 0 Å². The number of nitrogen functional groups attached to an aromatic ring is 1. The lowest BCUT2D eigenvalue weighted by molar-refractivity contribution is 0.145. The summed E-state index contributed by atoms with van der Waals surface area (Å²) in [5.41, 5.74) is 12.7. The molecule has 1 aromatic carbocycles. The second-order valence-electron chi connectivity index (χ2n) is 3.15. The number of hydrogen-bond donors (Lipinski definition) is 3. The summed E-state index contributed by atoms with van der Waals surface area (Å²) < 4.78 is 0. The van der Waals surface area contributed by atoms with Crippen molar-refractivity contribution in [3.8, 4) is 0 Å². The number of nitrogens with two attached hydrogens (primary N) is 2. The molecule has 0 amide bonds. The molecule has 3 heteroatoms. The zero-order valence-corrected chi connectivity index (χ0v) is 7.77. The van der Waals surface area contributed by atoms with Crippen molar-refractivity contribution in [3.05, 3.63) is 29.8 Å². The Morgan fingerprint density at radius 3 is 2.54 bits per heavy atom. The predicted molar refractivity (Wildman–Crippen MR) is 54.1 cm³/mol. The summed E-state index contributed by atoms with van der Waals surface area (Å²) in [4.78, 5) is 0. The Bertz CT molecular complexity index is 275. The molecule has 0 aliphatic carbocycles. The Morgan fingerprint density at radius 1 is 1.38 bits per heavy atom. The summed E-state index contributed by atoms with van der Waals surface area (Å²) in [5.74, 6) is 0. The normalized spacial score (nSPS) is 15.3. The van der Waals surface area contributed by atoms with Crippen LogP contribution in [0.2, 0.25) is 0 Å². The Kier molecular flexibility index (Phi) is 3.28. The molecule has 0 saturated heterocycles. The Labute approximate surface area is 78.4 Å². The van der Waals surface area contributed by atoms with Crippen molar-refractivity contribution in [2.45, 2.75) is 25.5 Å². The van der Waals surface area contributed by atoms with Crippen LogP contribution in [-0.4, -0.2) is 11.1 Å². The lowest BCUT2D eigenvalue weighted by atomic mass is 10.00. The van der Waals surface area contributed by atoms with Gasteiger partial charge in [0.1, 0.15) is 0 Å². The Hall–Kier alpha value is -1.06. The quantitative estimate of drug-likeness (QED) is 0.608. The van der Waals surface area contributed by atoms with E-state index in [1.54, 1.807) is 12.1 Å². The highest BCUT2D eigenvalue weighted by atomic mass is 16.3. The highest BCUT2D eigenvalue weighted by Gasteiger charge is 2.16. The topological polar surface area (TPSA) is 72.3 Å². The third-order valence-corrected chi connectivity index (χ3v) is 2.19. The summed E-state index contributed by atoms with van der Waals surface area (Å²) in [6, 6.07) is 7.00. The smallest absolute Gasteiger partial charge is 0.0960 e. The first-order valence-corrected chi connectivity index (χ1v) is 4.44. The number of aliphatic hydroxyl groups is 1. The maximum absolute atomic E-state index is 9.76. The zero-order valence-electron chi connectivity index (χ0n) is 7.77. The van der Waals surface area contributed by atoms with Crippen LogP contribution in [0, 0.1) is 0 Å². The highest BCUT2D eigenvalue weighted by molar-refractivity contribution is 5.47. The average Bonchev–Trinajstić information content (AvgIpc) is 2.16. The van der Waals surface area contributed by atoms with Gasteiger partial charge in [-0.2, -0.15) is 0 Å². The molecule has 3 nitrogen and oxygen atoms in total. The van der Waals surface area contributed by atoms with Crippen molar-refractivity contribution in [1.29, 1.82) is 0 Å². The van der Waals surface area contributed by atoms with E-state index in [0.717, 1.165) is 12.0 Å². The van der Waals surface area contributed by atoms with Crippen molar-refractivity contribution in [2.75, 3.05) is 5.73 Å². The Morgan fingerprint density at radius 2 is 2.00 bits per heavy atom. The molecule has 5 N–H and O–H groups in total. The van der Waals surface area contributed by atoms with Crippen molar-refractivity contribution in [2.24, 2.45) is 5.73 Å². The number of benzene rings is 1. The van der Waals surface area contributed by atoms with E-state index in [0.29, 0.717) is 5.69 Å². The summed E-state index contributed by atoms with van der Waals surface area (Å²) >= 11 is 0. The SMILES string of the molecule is CC[C@@H](N)[C@@H](O)c1ccccc1N. The molecule has 1 rings (SSSR count). The third kappa shape index (κ3) is 2.20. The van der Waals surface area contributed by atoms with E-state index in [-0.39, 0.29) is 6.04 Å². The fraction of sp³-hybridized carbons (Fsp3) is 0.400. The summed E-state index contributed by atoms with van der Waals surface area (Å²) in [7, 11) is 0. The Balaban J connectivity index is 2.88. The first kappa shape index (κ1) is 10.0. The highest BCUT2D eigenvalue weighted by Crippen LogP contribution is 2.22. The molecular formula is C10H16N2O. The van der Waals surface area contributed by atoms with Gasteiger partial charge in [0.25, 0.3) is 0 Å². The van der Waals surface area contributed by atoms with E-state index in [2.05, 4.69) is 0 Å². The van der Waals surface area contributed by atoms with Crippen LogP contribution in [0.4, 0.5) is 5.69 Å². The van der Waals surface area contributed by atoms with Gasteiger partial charge in [-0.1, -0.05) is 25.1 Å². The predicted octanol–water partition coefficient (Wildman–Crippen LogP) is 1.04. The molecule has 13 heavy (non-hydrogen) atoms. The van der Waals surface area contributed by atoms with Crippen LogP contribution in [-0.2, 0) is 0 Å². The van der Waals surface area contributed by atoms with Gasteiger partial charge < -0.3 is 16.6 Å². The van der Waals surface area contributed by atoms with E-state index in [1.165, 1.54) is 0 Å². The van der Waals surface area contributed by atoms with Gasteiger partial charge >= 0.3 is 0 Å². The third-order valence-electron chi connectivity index (χ3n) is 2.19. The molecule has 0 aliphatic rings. The molecule has 72 valence electrons. The number of rotatable bonds is 3. The number of anilines is 1. The second kappa shape index (κ2) is 4.25. The molecule has 0 aliphatic heterocycles. The minimum absolute atomic E-state index is 0.246. The number of para-hydroxylation sites is 1.